The number of methoxy groups -OCH3 is 1. The minimum absolute atomic E-state index is 0.268. The van der Waals surface area contributed by atoms with Gasteiger partial charge in [-0.2, -0.15) is 9.97 Å². The van der Waals surface area contributed by atoms with Crippen LogP contribution < -0.4 is 25.0 Å². The number of para-hydroxylation sites is 2. The number of rotatable bonds is 8. The van der Waals surface area contributed by atoms with Crippen LogP contribution in [0, 0.1) is 0 Å². The molecule has 1 aliphatic rings. The zero-order valence-electron chi connectivity index (χ0n) is 18.2. The number of ether oxygens (including phenoxy) is 1. The molecule has 0 amide bonds. The third kappa shape index (κ3) is 5.74. The fourth-order valence-corrected chi connectivity index (χ4v) is 4.16. The summed E-state index contributed by atoms with van der Waals surface area (Å²) in [4.78, 5) is 15.5. The molecule has 0 aliphatic carbocycles. The summed E-state index contributed by atoms with van der Waals surface area (Å²) in [6.07, 6.45) is 4.84. The lowest BCUT2D eigenvalue weighted by atomic mass is 10.2. The highest BCUT2D eigenvalue weighted by Gasteiger charge is 2.17. The maximum atomic E-state index is 11.7. The second-order valence-corrected chi connectivity index (χ2v) is 9.64. The second-order valence-electron chi connectivity index (χ2n) is 7.48. The SMILES string of the molecule is COc1nc(N2CCCC2)ccc1Nc1ncc(Cl)c(Nc2ccccc2NS(C)(=O)=O)n1. The van der Waals surface area contributed by atoms with E-state index in [0.29, 0.717) is 28.8 Å². The molecular weight excluding hydrogens is 466 g/mol. The number of aromatic nitrogens is 3. The lowest BCUT2D eigenvalue weighted by Gasteiger charge is -2.18. The highest BCUT2D eigenvalue weighted by Crippen LogP contribution is 2.32. The van der Waals surface area contributed by atoms with Gasteiger partial charge in [-0.25, -0.2) is 13.4 Å². The molecule has 3 N–H and O–H groups in total. The molecule has 0 bridgehead atoms. The summed E-state index contributed by atoms with van der Waals surface area (Å²) in [7, 11) is -1.90. The van der Waals surface area contributed by atoms with Crippen molar-refractivity contribution in [3.63, 3.8) is 0 Å². The van der Waals surface area contributed by atoms with Crippen LogP contribution in [0.3, 0.4) is 0 Å². The lowest BCUT2D eigenvalue weighted by Crippen LogP contribution is -2.19. The van der Waals surface area contributed by atoms with Crippen molar-refractivity contribution in [1.29, 1.82) is 0 Å². The Morgan fingerprint density at radius 2 is 1.73 bits per heavy atom. The van der Waals surface area contributed by atoms with Gasteiger partial charge in [-0.1, -0.05) is 23.7 Å². The minimum atomic E-state index is -3.46. The topological polar surface area (TPSA) is 121 Å². The Labute approximate surface area is 197 Å². The van der Waals surface area contributed by atoms with Gasteiger partial charge in [-0.05, 0) is 37.1 Å². The van der Waals surface area contributed by atoms with Crippen molar-refractivity contribution in [2.24, 2.45) is 0 Å². The molecule has 2 aromatic heterocycles. The molecule has 1 aromatic carbocycles. The monoisotopic (exact) mass is 489 g/mol. The van der Waals surface area contributed by atoms with E-state index in [4.69, 9.17) is 16.3 Å². The van der Waals surface area contributed by atoms with Crippen LogP contribution in [0.15, 0.2) is 42.6 Å². The molecule has 3 aromatic rings. The van der Waals surface area contributed by atoms with E-state index in [1.54, 1.807) is 31.4 Å². The zero-order valence-corrected chi connectivity index (χ0v) is 19.7. The Hall–Kier alpha value is -3.31. The number of halogens is 1. The van der Waals surface area contributed by atoms with Crippen molar-refractivity contribution in [2.45, 2.75) is 12.8 Å². The van der Waals surface area contributed by atoms with Gasteiger partial charge in [-0.3, -0.25) is 4.72 Å². The first-order valence-electron chi connectivity index (χ1n) is 10.3. The van der Waals surface area contributed by atoms with E-state index in [1.165, 1.54) is 6.20 Å². The summed E-state index contributed by atoms with van der Waals surface area (Å²) in [5.74, 6) is 1.86. The normalized spacial score (nSPS) is 13.6. The summed E-state index contributed by atoms with van der Waals surface area (Å²) >= 11 is 6.29. The zero-order chi connectivity index (χ0) is 23.4. The molecule has 12 heteroatoms. The smallest absolute Gasteiger partial charge is 0.239 e. The lowest BCUT2D eigenvalue weighted by molar-refractivity contribution is 0.400. The molecule has 1 fully saturated rings. The van der Waals surface area contributed by atoms with Crippen LogP contribution in [-0.4, -0.2) is 49.8 Å². The predicted molar refractivity (Wildman–Crippen MR) is 131 cm³/mol. The van der Waals surface area contributed by atoms with E-state index in [2.05, 4.69) is 35.2 Å². The third-order valence-electron chi connectivity index (χ3n) is 4.94. The maximum absolute atomic E-state index is 11.7. The van der Waals surface area contributed by atoms with E-state index < -0.39 is 10.0 Å². The maximum Gasteiger partial charge on any atom is 0.239 e. The molecule has 1 aliphatic heterocycles. The number of nitrogens with one attached hydrogen (secondary N) is 3. The van der Waals surface area contributed by atoms with Crippen LogP contribution in [0.5, 0.6) is 5.88 Å². The van der Waals surface area contributed by atoms with Crippen molar-refractivity contribution in [3.8, 4) is 5.88 Å². The average molecular weight is 490 g/mol. The number of benzene rings is 1. The number of pyridine rings is 1. The summed E-state index contributed by atoms with van der Waals surface area (Å²) in [5, 5.41) is 6.44. The quantitative estimate of drug-likeness (QED) is 0.431. The van der Waals surface area contributed by atoms with Crippen LogP contribution in [-0.2, 0) is 10.0 Å². The van der Waals surface area contributed by atoms with Crippen LogP contribution in [0.2, 0.25) is 5.02 Å². The fraction of sp³-hybridized carbons (Fsp3) is 0.286. The first-order chi connectivity index (χ1) is 15.8. The number of sulfonamides is 1. The number of hydrogen-bond acceptors (Lipinski definition) is 9. The Bertz CT molecular complexity index is 1250. The summed E-state index contributed by atoms with van der Waals surface area (Å²) in [6.45, 7) is 1.96. The van der Waals surface area contributed by atoms with Gasteiger partial charge in [0, 0.05) is 13.1 Å². The van der Waals surface area contributed by atoms with E-state index in [1.807, 2.05) is 12.1 Å². The van der Waals surface area contributed by atoms with E-state index in [9.17, 15) is 8.42 Å². The van der Waals surface area contributed by atoms with Crippen LogP contribution >= 0.6 is 11.6 Å². The van der Waals surface area contributed by atoms with Gasteiger partial charge in [0.15, 0.2) is 5.82 Å². The highest BCUT2D eigenvalue weighted by molar-refractivity contribution is 7.92. The molecule has 0 spiro atoms. The Balaban J connectivity index is 1.57. The first kappa shape index (κ1) is 22.9. The fourth-order valence-electron chi connectivity index (χ4n) is 3.45. The highest BCUT2D eigenvalue weighted by atomic mass is 35.5. The molecule has 0 unspecified atom stereocenters. The van der Waals surface area contributed by atoms with Crippen molar-refractivity contribution in [2.75, 3.05) is 46.7 Å². The van der Waals surface area contributed by atoms with E-state index >= 15 is 0 Å². The summed E-state index contributed by atoms with van der Waals surface area (Å²) < 4.78 is 31.3. The van der Waals surface area contributed by atoms with Crippen LogP contribution in [0.25, 0.3) is 0 Å². The van der Waals surface area contributed by atoms with Gasteiger partial charge in [0.05, 0.1) is 30.9 Å². The Kier molecular flexibility index (Phi) is 6.70. The molecule has 4 rings (SSSR count). The van der Waals surface area contributed by atoms with E-state index in [-0.39, 0.29) is 11.0 Å². The predicted octanol–water partition coefficient (Wildman–Crippen LogP) is 3.99. The molecular formula is C21H24ClN7O3S. The van der Waals surface area contributed by atoms with Crippen LogP contribution in [0.4, 0.5) is 34.6 Å². The third-order valence-corrected chi connectivity index (χ3v) is 5.80. The number of nitrogens with zero attached hydrogens (tertiary/aromatic N) is 4. The number of anilines is 6. The molecule has 1 saturated heterocycles. The Morgan fingerprint density at radius 3 is 2.42 bits per heavy atom. The summed E-state index contributed by atoms with van der Waals surface area (Å²) in [6, 6.07) is 10.6. The molecule has 0 atom stereocenters. The van der Waals surface area contributed by atoms with Gasteiger partial charge in [-0.15, -0.1) is 0 Å². The molecule has 33 heavy (non-hydrogen) atoms. The van der Waals surface area contributed by atoms with Crippen molar-refractivity contribution in [1.82, 2.24) is 15.0 Å². The van der Waals surface area contributed by atoms with Crippen LogP contribution in [0.1, 0.15) is 12.8 Å². The molecule has 3 heterocycles. The second kappa shape index (κ2) is 9.67. The van der Waals surface area contributed by atoms with E-state index in [0.717, 1.165) is 38.0 Å². The summed E-state index contributed by atoms with van der Waals surface area (Å²) in [5.41, 5.74) is 1.46. The standard InChI is InChI=1S/C21H24ClN7O3S/c1-32-20-17(9-10-18(26-20)29-11-5-6-12-29)25-21-23-13-14(22)19(27-21)24-15-7-3-4-8-16(15)28-33(2,30)31/h3-4,7-10,13,28H,5-6,11-12H2,1-2H3,(H2,23,24,25,27). The van der Waals surface area contributed by atoms with Gasteiger partial charge < -0.3 is 20.3 Å². The van der Waals surface area contributed by atoms with Gasteiger partial charge in [0.2, 0.25) is 21.9 Å². The van der Waals surface area contributed by atoms with Gasteiger partial charge in [0.25, 0.3) is 0 Å². The molecule has 0 radical (unpaired) electrons. The van der Waals surface area contributed by atoms with Gasteiger partial charge >= 0.3 is 0 Å². The van der Waals surface area contributed by atoms with Crippen molar-refractivity contribution in [3.05, 3.63) is 47.6 Å². The minimum Gasteiger partial charge on any atom is -0.479 e. The van der Waals surface area contributed by atoms with Crippen molar-refractivity contribution >= 4 is 56.3 Å². The molecule has 174 valence electrons. The largest absolute Gasteiger partial charge is 0.479 e. The Morgan fingerprint density at radius 1 is 1.00 bits per heavy atom. The molecule has 10 nitrogen and oxygen atoms in total. The van der Waals surface area contributed by atoms with Gasteiger partial charge in [0.1, 0.15) is 16.5 Å². The molecule has 0 saturated carbocycles. The average Bonchev–Trinajstić information content (AvgIpc) is 3.31. The number of hydrogen-bond donors (Lipinski definition) is 3. The first-order valence-corrected chi connectivity index (χ1v) is 12.5. The van der Waals surface area contributed by atoms with Crippen molar-refractivity contribution < 1.29 is 13.2 Å².